The SMILES string of the molecule is CC(C)CN(CC(C)C)CC1(CO)CCCOC1. The lowest BCUT2D eigenvalue weighted by Crippen LogP contribution is -2.47. The number of nitrogens with zero attached hydrogens (tertiary/aromatic N) is 1. The normalized spacial score (nSPS) is 25.3. The zero-order chi connectivity index (χ0) is 13.6. The van der Waals surface area contributed by atoms with E-state index < -0.39 is 0 Å². The van der Waals surface area contributed by atoms with Crippen molar-refractivity contribution < 1.29 is 9.84 Å². The summed E-state index contributed by atoms with van der Waals surface area (Å²) in [5.41, 5.74) is -0.0258. The lowest BCUT2D eigenvalue weighted by molar-refractivity contribution is -0.0577. The van der Waals surface area contributed by atoms with Crippen LogP contribution in [-0.4, -0.2) is 49.5 Å². The average Bonchev–Trinajstić information content (AvgIpc) is 2.28. The molecular formula is C15H31NO2. The van der Waals surface area contributed by atoms with E-state index in [-0.39, 0.29) is 12.0 Å². The van der Waals surface area contributed by atoms with Gasteiger partial charge in [0.05, 0.1) is 13.2 Å². The summed E-state index contributed by atoms with van der Waals surface area (Å²) in [6.07, 6.45) is 2.17. The second-order valence-electron chi connectivity index (χ2n) is 6.80. The molecule has 0 spiro atoms. The molecule has 0 amide bonds. The van der Waals surface area contributed by atoms with Gasteiger partial charge in [0.1, 0.15) is 0 Å². The predicted octanol–water partition coefficient (Wildman–Crippen LogP) is 2.39. The third kappa shape index (κ3) is 5.25. The minimum absolute atomic E-state index is 0.0258. The zero-order valence-electron chi connectivity index (χ0n) is 12.6. The van der Waals surface area contributed by atoms with Crippen LogP contribution in [0.25, 0.3) is 0 Å². The first-order chi connectivity index (χ1) is 8.47. The Morgan fingerprint density at radius 2 is 1.78 bits per heavy atom. The molecule has 1 fully saturated rings. The fourth-order valence-corrected chi connectivity index (χ4v) is 2.92. The fourth-order valence-electron chi connectivity index (χ4n) is 2.92. The third-order valence-electron chi connectivity index (χ3n) is 3.55. The van der Waals surface area contributed by atoms with Crippen LogP contribution in [0.5, 0.6) is 0 Å². The molecule has 1 saturated heterocycles. The van der Waals surface area contributed by atoms with Crippen molar-refractivity contribution in [3.05, 3.63) is 0 Å². The monoisotopic (exact) mass is 257 g/mol. The van der Waals surface area contributed by atoms with Gasteiger partial charge in [-0.15, -0.1) is 0 Å². The summed E-state index contributed by atoms with van der Waals surface area (Å²) in [5.74, 6) is 1.34. The maximum Gasteiger partial charge on any atom is 0.0556 e. The number of aliphatic hydroxyl groups is 1. The van der Waals surface area contributed by atoms with Crippen LogP contribution < -0.4 is 0 Å². The first-order valence-electron chi connectivity index (χ1n) is 7.38. The van der Waals surface area contributed by atoms with Crippen LogP contribution in [0.2, 0.25) is 0 Å². The molecule has 0 aromatic heterocycles. The van der Waals surface area contributed by atoms with Crippen molar-refractivity contribution in [3.8, 4) is 0 Å². The average molecular weight is 257 g/mol. The number of rotatable bonds is 7. The molecule has 1 unspecified atom stereocenters. The van der Waals surface area contributed by atoms with Gasteiger partial charge in [-0.1, -0.05) is 27.7 Å². The molecule has 0 aliphatic carbocycles. The van der Waals surface area contributed by atoms with Gasteiger partial charge in [-0.2, -0.15) is 0 Å². The van der Waals surface area contributed by atoms with Gasteiger partial charge in [0.25, 0.3) is 0 Å². The summed E-state index contributed by atoms with van der Waals surface area (Å²) < 4.78 is 5.60. The summed E-state index contributed by atoms with van der Waals surface area (Å²) in [6, 6.07) is 0. The lowest BCUT2D eigenvalue weighted by Gasteiger charge is -2.40. The Bertz CT molecular complexity index is 213. The summed E-state index contributed by atoms with van der Waals surface area (Å²) in [6.45, 7) is 14.1. The second kappa shape index (κ2) is 7.46. The van der Waals surface area contributed by atoms with Crippen molar-refractivity contribution in [2.45, 2.75) is 40.5 Å². The van der Waals surface area contributed by atoms with Crippen molar-refractivity contribution in [1.82, 2.24) is 4.90 Å². The molecule has 1 atom stereocenters. The summed E-state index contributed by atoms with van der Waals surface area (Å²) in [7, 11) is 0. The number of hydrogen-bond acceptors (Lipinski definition) is 3. The zero-order valence-corrected chi connectivity index (χ0v) is 12.6. The van der Waals surface area contributed by atoms with Crippen molar-refractivity contribution >= 4 is 0 Å². The maximum atomic E-state index is 9.75. The Labute approximate surface area is 113 Å². The smallest absolute Gasteiger partial charge is 0.0556 e. The first kappa shape index (κ1) is 15.9. The van der Waals surface area contributed by atoms with Gasteiger partial charge in [-0.25, -0.2) is 0 Å². The molecule has 1 aliphatic heterocycles. The molecule has 0 radical (unpaired) electrons. The summed E-state index contributed by atoms with van der Waals surface area (Å²) >= 11 is 0. The van der Waals surface area contributed by atoms with E-state index in [4.69, 9.17) is 4.74 Å². The Morgan fingerprint density at radius 3 is 2.17 bits per heavy atom. The van der Waals surface area contributed by atoms with E-state index in [0.717, 1.165) is 45.7 Å². The Kier molecular flexibility index (Phi) is 6.61. The van der Waals surface area contributed by atoms with Gasteiger partial charge < -0.3 is 14.7 Å². The van der Waals surface area contributed by atoms with Crippen molar-refractivity contribution in [3.63, 3.8) is 0 Å². The number of hydrogen-bond donors (Lipinski definition) is 1. The van der Waals surface area contributed by atoms with Gasteiger partial charge in [-0.05, 0) is 24.7 Å². The van der Waals surface area contributed by atoms with Crippen LogP contribution in [-0.2, 0) is 4.74 Å². The molecule has 1 N–H and O–H groups in total. The molecule has 3 nitrogen and oxygen atoms in total. The van der Waals surface area contributed by atoms with Crippen molar-refractivity contribution in [1.29, 1.82) is 0 Å². The molecule has 1 aliphatic rings. The van der Waals surface area contributed by atoms with Crippen LogP contribution >= 0.6 is 0 Å². The largest absolute Gasteiger partial charge is 0.396 e. The van der Waals surface area contributed by atoms with Gasteiger partial charge >= 0.3 is 0 Å². The van der Waals surface area contributed by atoms with E-state index in [2.05, 4.69) is 32.6 Å². The Balaban J connectivity index is 2.60. The maximum absolute atomic E-state index is 9.75. The van der Waals surface area contributed by atoms with Crippen LogP contribution in [0.15, 0.2) is 0 Å². The molecular weight excluding hydrogens is 226 g/mol. The molecule has 18 heavy (non-hydrogen) atoms. The number of ether oxygens (including phenoxy) is 1. The van der Waals surface area contributed by atoms with E-state index >= 15 is 0 Å². The van der Waals surface area contributed by atoms with Gasteiger partial charge in [0.15, 0.2) is 0 Å². The molecule has 0 aromatic carbocycles. The minimum atomic E-state index is -0.0258. The minimum Gasteiger partial charge on any atom is -0.396 e. The van der Waals surface area contributed by atoms with Crippen molar-refractivity contribution in [2.24, 2.45) is 17.3 Å². The van der Waals surface area contributed by atoms with Gasteiger partial charge in [0.2, 0.25) is 0 Å². The molecule has 3 heteroatoms. The quantitative estimate of drug-likeness (QED) is 0.760. The second-order valence-corrected chi connectivity index (χ2v) is 6.80. The molecule has 0 bridgehead atoms. The molecule has 1 heterocycles. The highest BCUT2D eigenvalue weighted by Crippen LogP contribution is 2.29. The summed E-state index contributed by atoms with van der Waals surface area (Å²) in [5, 5.41) is 9.75. The van der Waals surface area contributed by atoms with E-state index in [1.807, 2.05) is 0 Å². The van der Waals surface area contributed by atoms with E-state index in [1.165, 1.54) is 0 Å². The molecule has 0 saturated carbocycles. The van der Waals surface area contributed by atoms with Crippen LogP contribution in [0.4, 0.5) is 0 Å². The Hall–Kier alpha value is -0.120. The first-order valence-corrected chi connectivity index (χ1v) is 7.38. The topological polar surface area (TPSA) is 32.7 Å². The van der Waals surface area contributed by atoms with Crippen LogP contribution in [0.1, 0.15) is 40.5 Å². The van der Waals surface area contributed by atoms with Gasteiger partial charge in [-0.3, -0.25) is 0 Å². The summed E-state index contributed by atoms with van der Waals surface area (Å²) in [4.78, 5) is 2.51. The van der Waals surface area contributed by atoms with E-state index in [9.17, 15) is 5.11 Å². The van der Waals surface area contributed by atoms with E-state index in [0.29, 0.717) is 11.8 Å². The fraction of sp³-hybridized carbons (Fsp3) is 1.00. The Morgan fingerprint density at radius 1 is 1.17 bits per heavy atom. The third-order valence-corrected chi connectivity index (χ3v) is 3.55. The highest BCUT2D eigenvalue weighted by atomic mass is 16.5. The predicted molar refractivity (Wildman–Crippen MR) is 75.7 cm³/mol. The number of aliphatic hydroxyl groups excluding tert-OH is 1. The standard InChI is InChI=1S/C15H31NO2/c1-13(2)8-16(9-14(3)4)10-15(11-17)6-5-7-18-12-15/h13-14,17H,5-12H2,1-4H3. The van der Waals surface area contributed by atoms with Crippen LogP contribution in [0, 0.1) is 17.3 Å². The lowest BCUT2D eigenvalue weighted by atomic mass is 9.82. The van der Waals surface area contributed by atoms with Crippen LogP contribution in [0.3, 0.4) is 0 Å². The molecule has 0 aromatic rings. The molecule has 108 valence electrons. The highest BCUT2D eigenvalue weighted by Gasteiger charge is 2.34. The highest BCUT2D eigenvalue weighted by molar-refractivity contribution is 4.85. The van der Waals surface area contributed by atoms with Gasteiger partial charge in [0, 0.05) is 31.7 Å². The molecule has 1 rings (SSSR count). The van der Waals surface area contributed by atoms with E-state index in [1.54, 1.807) is 0 Å². The van der Waals surface area contributed by atoms with Crippen molar-refractivity contribution in [2.75, 3.05) is 39.5 Å².